The molecule has 12 heterocycles. The topological polar surface area (TPSA) is 416 Å². The van der Waals surface area contributed by atoms with E-state index in [0.717, 1.165) is 85.2 Å². The van der Waals surface area contributed by atoms with Crippen LogP contribution in [0.3, 0.4) is 0 Å². The van der Waals surface area contributed by atoms with E-state index in [9.17, 15) is 38.2 Å². The van der Waals surface area contributed by atoms with Crippen LogP contribution in [0.4, 0.5) is 32.1 Å². The van der Waals surface area contributed by atoms with E-state index in [1.54, 1.807) is 76.4 Å². The molecular formula is C96H78Cl3F2IN24O7. The zero-order chi connectivity index (χ0) is 92.8. The quantitative estimate of drug-likeness (QED) is 0.0489. The highest BCUT2D eigenvalue weighted by Crippen LogP contribution is 2.42. The highest BCUT2D eigenvalue weighted by atomic mass is 127. The summed E-state index contributed by atoms with van der Waals surface area (Å²) in [6.07, 6.45) is 9.40. The van der Waals surface area contributed by atoms with Crippen LogP contribution in [0.15, 0.2) is 226 Å². The van der Waals surface area contributed by atoms with Crippen LogP contribution in [0.2, 0.25) is 15.1 Å². The Kier molecular flexibility index (Phi) is 23.1. The van der Waals surface area contributed by atoms with Crippen LogP contribution >= 0.6 is 57.4 Å². The molecular weight excluding hydrogens is 1870 g/mol. The SMILES string of the molecule is CC(C)n1c(Cn2nc(-c3cc(O)cc(F)c3)c3c(N)ncnc32)cc2cccc(Cl)c2c1=O.COc1cc(F)cc(-c2nn(Cc3cc4cccc(C)c4c(=O)n3-c3ccccc3C)c3ncnc(N)c23)c1.Nc1ncnc2c1c(-c1cccc(O)c1)nn2Cc1cc2cccc(Cl)c2c(=O)n1C1CC1.Nc1ncnc2c1c(I)nn2Cc1cc2cccc(Cl)c2c(=O)n1C1CC1. The number of para-hydroxylation sites is 1. The fourth-order valence-corrected chi connectivity index (χ4v) is 18.8. The maximum Gasteiger partial charge on any atom is 0.263 e. The molecule has 31 nitrogen and oxygen atoms in total. The zero-order valence-corrected chi connectivity index (χ0v) is 75.9. The second kappa shape index (κ2) is 35.3. The van der Waals surface area contributed by atoms with E-state index < -0.39 is 11.6 Å². The van der Waals surface area contributed by atoms with Crippen molar-refractivity contribution in [2.45, 2.75) is 97.7 Å². The van der Waals surface area contributed by atoms with Crippen molar-refractivity contribution in [3.8, 4) is 56.7 Å². The van der Waals surface area contributed by atoms with Crippen LogP contribution in [-0.4, -0.2) is 115 Å². The number of benzene rings is 8. The van der Waals surface area contributed by atoms with E-state index in [1.807, 2.05) is 140 Å². The Morgan fingerprint density at radius 1 is 0.414 bits per heavy atom. The van der Waals surface area contributed by atoms with Gasteiger partial charge >= 0.3 is 0 Å². The number of halogens is 6. The van der Waals surface area contributed by atoms with E-state index in [1.165, 1.54) is 56.7 Å². The van der Waals surface area contributed by atoms with Gasteiger partial charge in [0.1, 0.15) is 98.2 Å². The van der Waals surface area contributed by atoms with Gasteiger partial charge in [-0.15, -0.1) is 0 Å². The minimum Gasteiger partial charge on any atom is -0.508 e. The molecule has 2 aliphatic carbocycles. The van der Waals surface area contributed by atoms with Gasteiger partial charge in [0.2, 0.25) is 0 Å². The van der Waals surface area contributed by atoms with E-state index in [-0.39, 0.29) is 76.6 Å². The van der Waals surface area contributed by atoms with Crippen molar-refractivity contribution in [1.82, 2.24) is 97.3 Å². The molecule has 666 valence electrons. The fraction of sp³-hybridized carbons (Fsp3) is 0.167. The van der Waals surface area contributed by atoms with Gasteiger partial charge < -0.3 is 51.6 Å². The highest BCUT2D eigenvalue weighted by molar-refractivity contribution is 14.1. The maximum absolute atomic E-state index is 14.4. The second-order valence-corrected chi connectivity index (χ2v) is 34.9. The fourth-order valence-electron chi connectivity index (χ4n) is 17.3. The molecule has 0 atom stereocenters. The van der Waals surface area contributed by atoms with Gasteiger partial charge in [-0.3, -0.25) is 23.7 Å². The number of anilines is 4. The number of nitrogens with zero attached hydrogens (tertiary/aromatic N) is 20. The molecule has 22 rings (SSSR count). The second-order valence-electron chi connectivity index (χ2n) is 32.6. The molecule has 0 radical (unpaired) electrons. The summed E-state index contributed by atoms with van der Waals surface area (Å²) in [7, 11) is 1.47. The number of pyridine rings is 4. The van der Waals surface area contributed by atoms with Crippen LogP contribution < -0.4 is 49.9 Å². The number of hydrogen-bond donors (Lipinski definition) is 6. The molecule has 0 aliphatic heterocycles. The number of nitrogens with two attached hydrogens (primary N) is 4. The number of nitrogen functional groups attached to an aromatic ring is 4. The molecule has 2 saturated carbocycles. The number of phenolic OH excluding ortho intramolecular Hbond substituents is 2. The van der Waals surface area contributed by atoms with E-state index in [2.05, 4.69) is 72.7 Å². The van der Waals surface area contributed by atoms with E-state index >= 15 is 0 Å². The summed E-state index contributed by atoms with van der Waals surface area (Å²) >= 11 is 21.1. The van der Waals surface area contributed by atoms with Gasteiger partial charge in [-0.1, -0.05) is 120 Å². The number of fused-ring (bicyclic) bond motifs is 8. The minimum atomic E-state index is -0.617. The molecule has 0 amide bonds. The summed E-state index contributed by atoms with van der Waals surface area (Å²) in [5.74, 6) is 0.231. The number of aromatic hydroxyl groups is 2. The predicted octanol–water partition coefficient (Wildman–Crippen LogP) is 17.2. The van der Waals surface area contributed by atoms with E-state index in [4.69, 9.17) is 72.7 Å². The largest absolute Gasteiger partial charge is 0.508 e. The van der Waals surface area contributed by atoms with Gasteiger partial charge in [0, 0.05) is 69.7 Å². The number of hydrogen-bond acceptors (Lipinski definition) is 23. The molecule has 12 aromatic heterocycles. The minimum absolute atomic E-state index is 0.0455. The number of aromatic nitrogens is 20. The highest BCUT2D eigenvalue weighted by Gasteiger charge is 2.33. The lowest BCUT2D eigenvalue weighted by atomic mass is 10.1. The lowest BCUT2D eigenvalue weighted by Gasteiger charge is -2.18. The molecule has 20 aromatic rings. The van der Waals surface area contributed by atoms with Crippen LogP contribution in [-0.2, 0) is 26.2 Å². The molecule has 8 aromatic carbocycles. The molecule has 133 heavy (non-hydrogen) atoms. The first-order valence-corrected chi connectivity index (χ1v) is 44.2. The average Bonchev–Trinajstić information content (AvgIpc) is 1.63. The Hall–Kier alpha value is -15.1. The Morgan fingerprint density at radius 2 is 0.812 bits per heavy atom. The monoisotopic (exact) mass is 1950 g/mol. The number of ether oxygens (including phenoxy) is 1. The van der Waals surface area contributed by atoms with E-state index in [0.29, 0.717) is 156 Å². The Bertz CT molecular complexity index is 8420. The van der Waals surface area contributed by atoms with Gasteiger partial charge in [-0.25, -0.2) is 67.4 Å². The molecule has 0 saturated heterocycles. The van der Waals surface area contributed by atoms with Crippen molar-refractivity contribution in [3.63, 3.8) is 0 Å². The molecule has 2 fully saturated rings. The van der Waals surface area contributed by atoms with Crippen molar-refractivity contribution in [2.75, 3.05) is 30.0 Å². The average molecular weight is 1950 g/mol. The van der Waals surface area contributed by atoms with Gasteiger partial charge in [0.25, 0.3) is 22.2 Å². The van der Waals surface area contributed by atoms with Gasteiger partial charge in [-0.2, -0.15) is 20.4 Å². The maximum atomic E-state index is 14.4. The zero-order valence-electron chi connectivity index (χ0n) is 71.5. The number of rotatable bonds is 16. The van der Waals surface area contributed by atoms with Crippen LogP contribution in [0.5, 0.6) is 17.2 Å². The standard InChI is InChI=1S/C30H25FN6O2.C24H20ClFN6O2.C24H19ClN6O2.C18H14ClIN6O/c1-17-7-4-5-10-24(17)37-22(12-19-9-6-8-18(2)25(19)30(37)38)15-36-29-26(28(32)33-16-34-29)27(35-36)20-11-21(31)14-23(13-20)39-3;1-12(2)32-16(7-13-4-3-5-18(25)19(13)24(32)34)10-31-23-20(22(27)28-11-29-23)21(30-31)14-6-15(26)9-17(33)8-14;25-18-6-2-3-13-9-16(31(15-7-8-15)24(33)19(13)18)11-30-23-20(22(26)27-12-28-23)21(29-30)14-4-1-5-17(32)10-14;19-12-3-1-2-9-6-11(26(10-4-5-10)18(27)13(9)12)7-25-17-14(15(20)24-25)16(21)22-8-23-17/h4-14,16H,15H2,1-3H3,(H2,32,33,34);3-9,11-12,33H,10H2,1-2H3,(H2,27,28,29);1-6,9-10,12,15,32H,7-8,11H2,(H2,26,27,28);1-3,6,8,10H,4-5,7H2,(H2,21,22,23). The first-order chi connectivity index (χ1) is 64.1. The van der Waals surface area contributed by atoms with Gasteiger partial charge in [-0.05, 0) is 194 Å². The summed E-state index contributed by atoms with van der Waals surface area (Å²) in [6, 6.07) is 52.8. The summed E-state index contributed by atoms with van der Waals surface area (Å²) < 4.78 is 48.3. The first-order valence-electron chi connectivity index (χ1n) is 42.0. The third-order valence-corrected chi connectivity index (χ3v) is 25.2. The van der Waals surface area contributed by atoms with Crippen molar-refractivity contribution < 1.29 is 23.7 Å². The summed E-state index contributed by atoms with van der Waals surface area (Å²) in [5, 5.41) is 47.7. The molecule has 0 bridgehead atoms. The number of phenols is 2. The molecule has 10 N–H and O–H groups in total. The van der Waals surface area contributed by atoms with Crippen LogP contribution in [0, 0.1) is 29.2 Å². The van der Waals surface area contributed by atoms with Gasteiger partial charge in [0.15, 0.2) is 22.6 Å². The summed E-state index contributed by atoms with van der Waals surface area (Å²) in [4.78, 5) is 87.9. The predicted molar refractivity (Wildman–Crippen MR) is 520 cm³/mol. The van der Waals surface area contributed by atoms with Crippen molar-refractivity contribution >= 4 is 168 Å². The van der Waals surface area contributed by atoms with Crippen molar-refractivity contribution in [1.29, 1.82) is 0 Å². The molecule has 2 aliphatic rings. The Morgan fingerprint density at radius 3 is 1.29 bits per heavy atom. The summed E-state index contributed by atoms with van der Waals surface area (Å²) in [5.41, 5.74) is 34.8. The number of aryl methyl sites for hydroxylation is 2. The lowest BCUT2D eigenvalue weighted by molar-refractivity contribution is 0.411. The number of methoxy groups -OCH3 is 1. The summed E-state index contributed by atoms with van der Waals surface area (Å²) in [6.45, 7) is 8.86. The molecule has 0 unspecified atom stereocenters. The van der Waals surface area contributed by atoms with Crippen LogP contribution in [0.25, 0.3) is 127 Å². The van der Waals surface area contributed by atoms with Crippen molar-refractivity contribution in [2.24, 2.45) is 0 Å². The Labute approximate surface area is 780 Å². The Balaban J connectivity index is 0.000000115. The van der Waals surface area contributed by atoms with Gasteiger partial charge in [0.05, 0.1) is 97.1 Å². The van der Waals surface area contributed by atoms with Crippen LogP contribution in [0.1, 0.15) is 91.6 Å². The lowest BCUT2D eigenvalue weighted by Crippen LogP contribution is -2.27. The third kappa shape index (κ3) is 16.5. The molecule has 37 heteroatoms. The third-order valence-electron chi connectivity index (χ3n) is 23.5. The molecule has 0 spiro atoms. The first kappa shape index (κ1) is 87.2. The normalized spacial score (nSPS) is 12.6. The van der Waals surface area contributed by atoms with Crippen molar-refractivity contribution in [3.05, 3.63) is 313 Å². The smallest absolute Gasteiger partial charge is 0.263 e.